The van der Waals surface area contributed by atoms with E-state index in [0.29, 0.717) is 6.04 Å². The van der Waals surface area contributed by atoms with Crippen LogP contribution in [0.4, 0.5) is 0 Å². The molecule has 4 nitrogen and oxygen atoms in total. The number of nitrogens with one attached hydrogen (secondary N) is 2. The summed E-state index contributed by atoms with van der Waals surface area (Å²) in [5, 5.41) is 6.78. The molecule has 0 bridgehead atoms. The Morgan fingerprint density at radius 2 is 1.91 bits per heavy atom. The van der Waals surface area contributed by atoms with Gasteiger partial charge in [0.1, 0.15) is 0 Å². The molecule has 4 heteroatoms. The van der Waals surface area contributed by atoms with Gasteiger partial charge in [-0.3, -0.25) is 9.69 Å². The molecule has 2 rings (SSSR count). The molecule has 2 fully saturated rings. The number of amides is 1. The third-order valence-electron chi connectivity index (χ3n) is 5.41. The van der Waals surface area contributed by atoms with Gasteiger partial charge in [-0.15, -0.1) is 0 Å². The van der Waals surface area contributed by atoms with Gasteiger partial charge in [0.2, 0.25) is 5.91 Å². The number of carbonyl (C=O) groups excluding carboxylic acids is 1. The molecule has 0 radical (unpaired) electrons. The zero-order valence-electron chi connectivity index (χ0n) is 14.6. The van der Waals surface area contributed by atoms with E-state index in [1.54, 1.807) is 6.92 Å². The van der Waals surface area contributed by atoms with Gasteiger partial charge in [0, 0.05) is 39.1 Å². The lowest BCUT2D eigenvalue weighted by atomic mass is 9.88. The van der Waals surface area contributed by atoms with E-state index in [0.717, 1.165) is 31.5 Å². The summed E-state index contributed by atoms with van der Waals surface area (Å²) in [5.41, 5.74) is 0. The molecule has 2 unspecified atom stereocenters. The molecule has 2 aliphatic rings. The van der Waals surface area contributed by atoms with E-state index in [1.807, 2.05) is 0 Å². The van der Waals surface area contributed by atoms with Gasteiger partial charge in [-0.1, -0.05) is 32.6 Å². The normalized spacial score (nSPS) is 27.7. The van der Waals surface area contributed by atoms with Crippen molar-refractivity contribution >= 4 is 5.91 Å². The second-order valence-electron chi connectivity index (χ2n) is 7.36. The van der Waals surface area contributed by atoms with E-state index in [1.165, 1.54) is 58.0 Å². The topological polar surface area (TPSA) is 44.4 Å². The van der Waals surface area contributed by atoms with Crippen LogP contribution < -0.4 is 10.6 Å². The maximum absolute atomic E-state index is 11.0. The summed E-state index contributed by atoms with van der Waals surface area (Å²) in [5.74, 6) is 1.79. The van der Waals surface area contributed by atoms with Gasteiger partial charge in [-0.25, -0.2) is 0 Å². The van der Waals surface area contributed by atoms with Crippen LogP contribution in [0.3, 0.4) is 0 Å². The first kappa shape index (κ1) is 17.7. The van der Waals surface area contributed by atoms with Crippen molar-refractivity contribution in [2.75, 3.05) is 32.7 Å². The SMILES string of the molecule is CCC1CC(NCC2CCCCC2)CN(CCNC(C)=O)C1. The van der Waals surface area contributed by atoms with Crippen LogP contribution in [0, 0.1) is 11.8 Å². The van der Waals surface area contributed by atoms with Crippen molar-refractivity contribution < 1.29 is 4.79 Å². The van der Waals surface area contributed by atoms with E-state index in [-0.39, 0.29) is 5.91 Å². The summed E-state index contributed by atoms with van der Waals surface area (Å²) < 4.78 is 0. The van der Waals surface area contributed by atoms with Crippen LogP contribution in [0.2, 0.25) is 0 Å². The fourth-order valence-corrected chi connectivity index (χ4v) is 4.04. The number of hydrogen-bond donors (Lipinski definition) is 2. The monoisotopic (exact) mass is 309 g/mol. The van der Waals surface area contributed by atoms with Crippen LogP contribution >= 0.6 is 0 Å². The average Bonchev–Trinajstić information content (AvgIpc) is 2.53. The van der Waals surface area contributed by atoms with Crippen molar-refractivity contribution in [3.8, 4) is 0 Å². The molecule has 0 aromatic rings. The van der Waals surface area contributed by atoms with Gasteiger partial charge < -0.3 is 10.6 Å². The zero-order chi connectivity index (χ0) is 15.8. The number of carbonyl (C=O) groups is 1. The predicted molar refractivity (Wildman–Crippen MR) is 91.9 cm³/mol. The Morgan fingerprint density at radius 1 is 1.14 bits per heavy atom. The van der Waals surface area contributed by atoms with Gasteiger partial charge in [-0.05, 0) is 37.6 Å². The van der Waals surface area contributed by atoms with Gasteiger partial charge in [0.15, 0.2) is 0 Å². The predicted octanol–water partition coefficient (Wildman–Crippen LogP) is 2.39. The lowest BCUT2D eigenvalue weighted by molar-refractivity contribution is -0.119. The fraction of sp³-hybridized carbons (Fsp3) is 0.944. The Balaban J connectivity index is 1.72. The quantitative estimate of drug-likeness (QED) is 0.759. The molecule has 1 saturated carbocycles. The summed E-state index contributed by atoms with van der Waals surface area (Å²) in [6.07, 6.45) is 9.72. The van der Waals surface area contributed by atoms with Crippen molar-refractivity contribution in [2.45, 2.75) is 64.8 Å². The highest BCUT2D eigenvalue weighted by molar-refractivity contribution is 5.72. The van der Waals surface area contributed by atoms with Crippen LogP contribution in [-0.2, 0) is 4.79 Å². The third-order valence-corrected chi connectivity index (χ3v) is 5.41. The van der Waals surface area contributed by atoms with E-state index in [2.05, 4.69) is 22.5 Å². The van der Waals surface area contributed by atoms with E-state index in [9.17, 15) is 4.79 Å². The highest BCUT2D eigenvalue weighted by Crippen LogP contribution is 2.24. The second kappa shape index (κ2) is 9.51. The van der Waals surface area contributed by atoms with Crippen LogP contribution in [0.25, 0.3) is 0 Å². The first-order chi connectivity index (χ1) is 10.7. The van der Waals surface area contributed by atoms with Crippen LogP contribution in [0.5, 0.6) is 0 Å². The summed E-state index contributed by atoms with van der Waals surface area (Å²) in [6.45, 7) is 9.21. The molecule has 2 atom stereocenters. The molecule has 1 heterocycles. The lowest BCUT2D eigenvalue weighted by Crippen LogP contribution is -2.51. The first-order valence-electron chi connectivity index (χ1n) is 9.37. The van der Waals surface area contributed by atoms with Crippen LogP contribution in [-0.4, -0.2) is 49.6 Å². The Hall–Kier alpha value is -0.610. The maximum Gasteiger partial charge on any atom is 0.216 e. The van der Waals surface area contributed by atoms with Gasteiger partial charge >= 0.3 is 0 Å². The fourth-order valence-electron chi connectivity index (χ4n) is 4.04. The van der Waals surface area contributed by atoms with Crippen molar-refractivity contribution in [2.24, 2.45) is 11.8 Å². The molecule has 22 heavy (non-hydrogen) atoms. The van der Waals surface area contributed by atoms with E-state index in [4.69, 9.17) is 0 Å². The van der Waals surface area contributed by atoms with Gasteiger partial charge in [0.05, 0.1) is 0 Å². The molecular formula is C18H35N3O. The highest BCUT2D eigenvalue weighted by Gasteiger charge is 2.26. The molecule has 0 aromatic carbocycles. The van der Waals surface area contributed by atoms with Gasteiger partial charge in [0.25, 0.3) is 0 Å². The minimum atomic E-state index is 0.0797. The minimum Gasteiger partial charge on any atom is -0.355 e. The summed E-state index contributed by atoms with van der Waals surface area (Å²) in [4.78, 5) is 13.5. The molecule has 128 valence electrons. The van der Waals surface area contributed by atoms with Gasteiger partial charge in [-0.2, -0.15) is 0 Å². The number of rotatable bonds is 7. The van der Waals surface area contributed by atoms with Crippen LogP contribution in [0.15, 0.2) is 0 Å². The summed E-state index contributed by atoms with van der Waals surface area (Å²) >= 11 is 0. The molecule has 1 aliphatic heterocycles. The zero-order valence-corrected chi connectivity index (χ0v) is 14.6. The molecule has 0 aromatic heterocycles. The lowest BCUT2D eigenvalue weighted by Gasteiger charge is -2.38. The number of likely N-dealkylation sites (tertiary alicyclic amines) is 1. The second-order valence-corrected chi connectivity index (χ2v) is 7.36. The molecule has 0 spiro atoms. The minimum absolute atomic E-state index is 0.0797. The third kappa shape index (κ3) is 6.25. The highest BCUT2D eigenvalue weighted by atomic mass is 16.1. The van der Waals surface area contributed by atoms with E-state index >= 15 is 0 Å². The molecule has 1 amide bonds. The summed E-state index contributed by atoms with van der Waals surface area (Å²) in [6, 6.07) is 0.637. The van der Waals surface area contributed by atoms with Crippen molar-refractivity contribution in [3.05, 3.63) is 0 Å². The van der Waals surface area contributed by atoms with E-state index < -0.39 is 0 Å². The van der Waals surface area contributed by atoms with Crippen molar-refractivity contribution in [1.82, 2.24) is 15.5 Å². The van der Waals surface area contributed by atoms with Crippen molar-refractivity contribution in [1.29, 1.82) is 0 Å². The van der Waals surface area contributed by atoms with Crippen molar-refractivity contribution in [3.63, 3.8) is 0 Å². The number of nitrogens with zero attached hydrogens (tertiary/aromatic N) is 1. The standard InChI is InChI=1S/C18H35N3O/c1-3-16-11-18(20-12-17-7-5-4-6-8-17)14-21(13-16)10-9-19-15(2)22/h16-18,20H,3-14H2,1-2H3,(H,19,22). The van der Waals surface area contributed by atoms with Crippen LogP contribution in [0.1, 0.15) is 58.8 Å². The molecule has 1 saturated heterocycles. The Morgan fingerprint density at radius 3 is 2.59 bits per heavy atom. The molecular weight excluding hydrogens is 274 g/mol. The largest absolute Gasteiger partial charge is 0.355 e. The molecule has 2 N–H and O–H groups in total. The first-order valence-corrected chi connectivity index (χ1v) is 9.37. The maximum atomic E-state index is 11.0. The summed E-state index contributed by atoms with van der Waals surface area (Å²) in [7, 11) is 0. The smallest absolute Gasteiger partial charge is 0.216 e. The number of hydrogen-bond acceptors (Lipinski definition) is 3. The Kier molecular flexibility index (Phi) is 7.67. The average molecular weight is 309 g/mol. The Bertz CT molecular complexity index is 328. The molecule has 1 aliphatic carbocycles. The number of piperidine rings is 1. The Labute approximate surface area is 136 Å².